The Morgan fingerprint density at radius 1 is 1.45 bits per heavy atom. The van der Waals surface area contributed by atoms with E-state index in [0.29, 0.717) is 12.1 Å². The van der Waals surface area contributed by atoms with Crippen LogP contribution in [-0.2, 0) is 13.0 Å². The first-order valence-electron chi connectivity index (χ1n) is 6.74. The highest BCUT2D eigenvalue weighted by Gasteiger charge is 2.05. The predicted molar refractivity (Wildman–Crippen MR) is 75.0 cm³/mol. The summed E-state index contributed by atoms with van der Waals surface area (Å²) in [4.78, 5) is 16.0. The Kier molecular flexibility index (Phi) is 4.87. The van der Waals surface area contributed by atoms with E-state index < -0.39 is 5.82 Å². The summed E-state index contributed by atoms with van der Waals surface area (Å²) in [5.74, 6) is 0.399. The lowest BCUT2D eigenvalue weighted by molar-refractivity contribution is 0.0952. The summed E-state index contributed by atoms with van der Waals surface area (Å²) in [5, 5.41) is 2.79. The first-order valence-corrected chi connectivity index (χ1v) is 6.74. The van der Waals surface area contributed by atoms with Crippen LogP contribution < -0.4 is 5.32 Å². The zero-order valence-corrected chi connectivity index (χ0v) is 11.5. The molecule has 2 aromatic rings. The lowest BCUT2D eigenvalue weighted by Gasteiger charge is -2.08. The van der Waals surface area contributed by atoms with Gasteiger partial charge in [0.1, 0.15) is 11.6 Å². The van der Waals surface area contributed by atoms with Crippen molar-refractivity contribution in [2.75, 3.05) is 6.54 Å². The highest BCUT2D eigenvalue weighted by Crippen LogP contribution is 2.03. The lowest BCUT2D eigenvalue weighted by Crippen LogP contribution is -2.25. The van der Waals surface area contributed by atoms with Gasteiger partial charge in [0.15, 0.2) is 0 Å². The van der Waals surface area contributed by atoms with Gasteiger partial charge in [0.25, 0.3) is 5.91 Å². The second-order valence-electron chi connectivity index (χ2n) is 4.51. The minimum atomic E-state index is -0.399. The smallest absolute Gasteiger partial charge is 0.251 e. The number of hydrogen-bond acceptors (Lipinski definition) is 2. The Labute approximate surface area is 117 Å². The van der Waals surface area contributed by atoms with Crippen molar-refractivity contribution < 1.29 is 9.18 Å². The number of aryl methyl sites for hydroxylation is 2. The van der Waals surface area contributed by atoms with E-state index in [9.17, 15) is 9.18 Å². The second-order valence-corrected chi connectivity index (χ2v) is 4.51. The van der Waals surface area contributed by atoms with E-state index in [1.54, 1.807) is 12.3 Å². The van der Waals surface area contributed by atoms with Gasteiger partial charge in [0.2, 0.25) is 0 Å². The molecule has 20 heavy (non-hydrogen) atoms. The standard InChI is InChI=1S/C15H18FN3O/c1-2-14-17-8-10-19(14)9-4-7-18-15(20)12-5-3-6-13(16)11-12/h3,5-6,8,10-11H,2,4,7,9H2,1H3,(H,18,20). The Hall–Kier alpha value is -2.17. The molecular formula is C15H18FN3O. The van der Waals surface area contributed by atoms with Crippen LogP contribution in [0.1, 0.15) is 29.5 Å². The van der Waals surface area contributed by atoms with Crippen molar-refractivity contribution in [2.24, 2.45) is 0 Å². The number of halogens is 1. The molecule has 4 nitrogen and oxygen atoms in total. The molecule has 1 aromatic heterocycles. The van der Waals surface area contributed by atoms with E-state index in [1.807, 2.05) is 6.20 Å². The van der Waals surface area contributed by atoms with Crippen molar-refractivity contribution in [3.8, 4) is 0 Å². The van der Waals surface area contributed by atoms with Gasteiger partial charge >= 0.3 is 0 Å². The summed E-state index contributed by atoms with van der Waals surface area (Å²) < 4.78 is 15.1. The minimum Gasteiger partial charge on any atom is -0.352 e. The summed E-state index contributed by atoms with van der Waals surface area (Å²) in [7, 11) is 0. The van der Waals surface area contributed by atoms with Crippen LogP contribution in [0.3, 0.4) is 0 Å². The first kappa shape index (κ1) is 14.2. The molecule has 0 bridgehead atoms. The number of aromatic nitrogens is 2. The van der Waals surface area contributed by atoms with E-state index in [1.165, 1.54) is 18.2 Å². The third kappa shape index (κ3) is 3.66. The fourth-order valence-electron chi connectivity index (χ4n) is 2.04. The van der Waals surface area contributed by atoms with E-state index >= 15 is 0 Å². The molecule has 0 saturated carbocycles. The molecule has 0 atom stereocenters. The highest BCUT2D eigenvalue weighted by molar-refractivity contribution is 5.94. The van der Waals surface area contributed by atoms with Crippen LogP contribution >= 0.6 is 0 Å². The van der Waals surface area contributed by atoms with Gasteiger partial charge in [-0.15, -0.1) is 0 Å². The molecule has 0 aliphatic rings. The van der Waals surface area contributed by atoms with Gasteiger partial charge < -0.3 is 9.88 Å². The van der Waals surface area contributed by atoms with Crippen molar-refractivity contribution in [1.82, 2.24) is 14.9 Å². The van der Waals surface area contributed by atoms with Gasteiger partial charge in [-0.05, 0) is 24.6 Å². The molecule has 0 radical (unpaired) electrons. The molecule has 5 heteroatoms. The maximum atomic E-state index is 13.0. The number of rotatable bonds is 6. The van der Waals surface area contributed by atoms with Crippen molar-refractivity contribution in [3.05, 3.63) is 53.9 Å². The fraction of sp³-hybridized carbons (Fsp3) is 0.333. The molecule has 1 N–H and O–H groups in total. The summed E-state index contributed by atoms with van der Waals surface area (Å²) in [5.41, 5.74) is 0.349. The number of carbonyl (C=O) groups excluding carboxylic acids is 1. The van der Waals surface area contributed by atoms with E-state index in [0.717, 1.165) is 25.2 Å². The number of carbonyl (C=O) groups is 1. The second kappa shape index (κ2) is 6.84. The van der Waals surface area contributed by atoms with Crippen LogP contribution in [0.25, 0.3) is 0 Å². The minimum absolute atomic E-state index is 0.245. The fourth-order valence-corrected chi connectivity index (χ4v) is 2.04. The quantitative estimate of drug-likeness (QED) is 0.823. The van der Waals surface area contributed by atoms with Gasteiger partial charge in [-0.3, -0.25) is 4.79 Å². The lowest BCUT2D eigenvalue weighted by atomic mass is 10.2. The SMILES string of the molecule is CCc1nccn1CCCNC(=O)c1cccc(F)c1. The summed E-state index contributed by atoms with van der Waals surface area (Å²) in [6, 6.07) is 5.69. The molecule has 0 aliphatic carbocycles. The van der Waals surface area contributed by atoms with E-state index in [2.05, 4.69) is 21.8 Å². The van der Waals surface area contributed by atoms with Gasteiger partial charge in [0.05, 0.1) is 0 Å². The zero-order chi connectivity index (χ0) is 14.4. The average Bonchev–Trinajstić information content (AvgIpc) is 2.90. The molecular weight excluding hydrogens is 257 g/mol. The number of hydrogen-bond donors (Lipinski definition) is 1. The highest BCUT2D eigenvalue weighted by atomic mass is 19.1. The van der Waals surface area contributed by atoms with Gasteiger partial charge in [-0.1, -0.05) is 13.0 Å². The van der Waals surface area contributed by atoms with Gasteiger partial charge in [-0.25, -0.2) is 9.37 Å². The molecule has 106 valence electrons. The molecule has 0 spiro atoms. The van der Waals surface area contributed by atoms with Crippen LogP contribution in [0, 0.1) is 5.82 Å². The van der Waals surface area contributed by atoms with Gasteiger partial charge in [-0.2, -0.15) is 0 Å². The Morgan fingerprint density at radius 3 is 3.05 bits per heavy atom. The number of nitrogens with one attached hydrogen (secondary N) is 1. The van der Waals surface area contributed by atoms with Crippen molar-refractivity contribution in [1.29, 1.82) is 0 Å². The normalized spacial score (nSPS) is 10.5. The zero-order valence-electron chi connectivity index (χ0n) is 11.5. The van der Waals surface area contributed by atoms with Crippen LogP contribution in [0.2, 0.25) is 0 Å². The maximum absolute atomic E-state index is 13.0. The van der Waals surface area contributed by atoms with E-state index in [4.69, 9.17) is 0 Å². The third-order valence-electron chi connectivity index (χ3n) is 3.07. The molecule has 0 fully saturated rings. The van der Waals surface area contributed by atoms with Crippen LogP contribution in [0.15, 0.2) is 36.7 Å². The molecule has 1 aromatic carbocycles. The third-order valence-corrected chi connectivity index (χ3v) is 3.07. The van der Waals surface area contributed by atoms with Crippen LogP contribution in [-0.4, -0.2) is 22.0 Å². The Balaban J connectivity index is 1.77. The van der Waals surface area contributed by atoms with Crippen molar-refractivity contribution >= 4 is 5.91 Å². The topological polar surface area (TPSA) is 46.9 Å². The molecule has 2 rings (SSSR count). The van der Waals surface area contributed by atoms with Crippen molar-refractivity contribution in [2.45, 2.75) is 26.3 Å². The number of amides is 1. The molecule has 0 unspecified atom stereocenters. The van der Waals surface area contributed by atoms with Crippen LogP contribution in [0.4, 0.5) is 4.39 Å². The largest absolute Gasteiger partial charge is 0.352 e. The Bertz CT molecular complexity index is 580. The summed E-state index contributed by atoms with van der Waals surface area (Å²) in [6.45, 7) is 3.42. The number of benzene rings is 1. The number of nitrogens with zero attached hydrogens (tertiary/aromatic N) is 2. The van der Waals surface area contributed by atoms with Gasteiger partial charge in [0, 0.05) is 37.5 Å². The molecule has 1 heterocycles. The maximum Gasteiger partial charge on any atom is 0.251 e. The monoisotopic (exact) mass is 275 g/mol. The van der Waals surface area contributed by atoms with E-state index in [-0.39, 0.29) is 5.91 Å². The molecule has 0 aliphatic heterocycles. The number of imidazole rings is 1. The molecule has 1 amide bonds. The average molecular weight is 275 g/mol. The van der Waals surface area contributed by atoms with Crippen LogP contribution in [0.5, 0.6) is 0 Å². The van der Waals surface area contributed by atoms with Crippen molar-refractivity contribution in [3.63, 3.8) is 0 Å². The predicted octanol–water partition coefficient (Wildman–Crippen LogP) is 2.40. The summed E-state index contributed by atoms with van der Waals surface area (Å²) in [6.07, 6.45) is 5.42. The summed E-state index contributed by atoms with van der Waals surface area (Å²) >= 11 is 0. The Morgan fingerprint density at radius 2 is 2.30 bits per heavy atom. The molecule has 0 saturated heterocycles. The first-order chi connectivity index (χ1) is 9.70.